The molecule has 0 unspecified atom stereocenters. The van der Waals surface area contributed by atoms with Crippen LogP contribution in [0.4, 0.5) is 0 Å². The molecule has 3 nitrogen and oxygen atoms in total. The number of rotatable bonds is 8. The van der Waals surface area contributed by atoms with Crippen LogP contribution in [0.2, 0.25) is 10.0 Å². The Morgan fingerprint density at radius 3 is 2.76 bits per heavy atom. The number of methoxy groups -OCH3 is 1. The van der Waals surface area contributed by atoms with Crippen molar-refractivity contribution in [1.29, 1.82) is 0 Å². The number of hydrogen-bond acceptors (Lipinski definition) is 3. The van der Waals surface area contributed by atoms with Gasteiger partial charge in [-0.3, -0.25) is 0 Å². The van der Waals surface area contributed by atoms with Crippen molar-refractivity contribution >= 4 is 23.2 Å². The van der Waals surface area contributed by atoms with Gasteiger partial charge >= 0.3 is 0 Å². The largest absolute Gasteiger partial charge is 0.492 e. The second kappa shape index (κ2) is 8.59. The van der Waals surface area contributed by atoms with Crippen molar-refractivity contribution in [2.45, 2.75) is 6.42 Å². The van der Waals surface area contributed by atoms with Crippen molar-refractivity contribution in [2.24, 2.45) is 0 Å². The lowest BCUT2D eigenvalue weighted by molar-refractivity contribution is 0.198. The second-order valence-corrected chi connectivity index (χ2v) is 4.36. The van der Waals surface area contributed by atoms with Crippen molar-refractivity contribution in [2.75, 3.05) is 33.4 Å². The van der Waals surface area contributed by atoms with Gasteiger partial charge in [0.1, 0.15) is 5.75 Å². The van der Waals surface area contributed by atoms with Gasteiger partial charge in [-0.05, 0) is 25.1 Å². The number of nitrogens with one attached hydrogen (secondary N) is 1. The van der Waals surface area contributed by atoms with E-state index in [1.54, 1.807) is 25.3 Å². The Balaban J connectivity index is 2.15. The standard InChI is InChI=1S/C12H17Cl2NO2/c1-16-8-6-15-5-2-7-17-12-9-10(13)3-4-11(12)14/h3-4,9,15H,2,5-8H2,1H3. The highest BCUT2D eigenvalue weighted by Crippen LogP contribution is 2.27. The molecule has 17 heavy (non-hydrogen) atoms. The normalized spacial score (nSPS) is 10.5. The molecule has 0 atom stereocenters. The third kappa shape index (κ3) is 6.13. The van der Waals surface area contributed by atoms with Gasteiger partial charge in [-0.2, -0.15) is 0 Å². The highest BCUT2D eigenvalue weighted by atomic mass is 35.5. The van der Waals surface area contributed by atoms with E-state index in [2.05, 4.69) is 5.32 Å². The molecule has 0 aromatic heterocycles. The first-order valence-electron chi connectivity index (χ1n) is 5.51. The molecule has 0 amide bonds. The number of benzene rings is 1. The predicted molar refractivity (Wildman–Crippen MR) is 71.3 cm³/mol. The van der Waals surface area contributed by atoms with Crippen molar-refractivity contribution in [3.8, 4) is 5.75 Å². The first kappa shape index (κ1) is 14.6. The zero-order valence-corrected chi connectivity index (χ0v) is 11.4. The molecular formula is C12H17Cl2NO2. The van der Waals surface area contributed by atoms with E-state index in [9.17, 15) is 0 Å². The molecule has 1 aromatic rings. The summed E-state index contributed by atoms with van der Waals surface area (Å²) >= 11 is 11.8. The maximum absolute atomic E-state index is 5.96. The third-order valence-electron chi connectivity index (χ3n) is 2.13. The molecule has 1 N–H and O–H groups in total. The zero-order valence-electron chi connectivity index (χ0n) is 9.84. The SMILES string of the molecule is COCCNCCCOc1cc(Cl)ccc1Cl. The summed E-state index contributed by atoms with van der Waals surface area (Å²) in [6.45, 7) is 3.08. The minimum absolute atomic E-state index is 0.585. The van der Waals surface area contributed by atoms with Gasteiger partial charge in [0.2, 0.25) is 0 Å². The lowest BCUT2D eigenvalue weighted by Crippen LogP contribution is -2.21. The molecule has 0 bridgehead atoms. The summed E-state index contributed by atoms with van der Waals surface area (Å²) in [5.41, 5.74) is 0. The van der Waals surface area contributed by atoms with Crippen molar-refractivity contribution < 1.29 is 9.47 Å². The predicted octanol–water partition coefficient (Wildman–Crippen LogP) is 3.00. The Labute approximate surface area is 112 Å². The summed E-state index contributed by atoms with van der Waals surface area (Å²) in [4.78, 5) is 0. The van der Waals surface area contributed by atoms with Gasteiger partial charge < -0.3 is 14.8 Å². The Morgan fingerprint density at radius 2 is 2.00 bits per heavy atom. The van der Waals surface area contributed by atoms with E-state index < -0.39 is 0 Å². The first-order chi connectivity index (χ1) is 8.24. The average molecular weight is 278 g/mol. The molecule has 0 aliphatic rings. The molecule has 1 aromatic carbocycles. The molecule has 0 saturated heterocycles. The fourth-order valence-corrected chi connectivity index (χ4v) is 1.60. The van der Waals surface area contributed by atoms with Crippen molar-refractivity contribution in [3.05, 3.63) is 28.2 Å². The maximum Gasteiger partial charge on any atom is 0.139 e. The van der Waals surface area contributed by atoms with Crippen LogP contribution in [-0.2, 0) is 4.74 Å². The molecule has 0 fully saturated rings. The van der Waals surface area contributed by atoms with Crippen LogP contribution < -0.4 is 10.1 Å². The van der Waals surface area contributed by atoms with E-state index in [1.165, 1.54) is 0 Å². The Bertz CT molecular complexity index is 334. The van der Waals surface area contributed by atoms with Crippen LogP contribution in [0, 0.1) is 0 Å². The number of halogens is 2. The monoisotopic (exact) mass is 277 g/mol. The van der Waals surface area contributed by atoms with Crippen LogP contribution >= 0.6 is 23.2 Å². The molecule has 0 saturated carbocycles. The quantitative estimate of drug-likeness (QED) is 0.741. The first-order valence-corrected chi connectivity index (χ1v) is 6.27. The summed E-state index contributed by atoms with van der Waals surface area (Å²) in [5.74, 6) is 0.635. The Kier molecular flexibility index (Phi) is 7.37. The zero-order chi connectivity index (χ0) is 12.5. The molecule has 0 radical (unpaired) electrons. The van der Waals surface area contributed by atoms with E-state index in [-0.39, 0.29) is 0 Å². The van der Waals surface area contributed by atoms with E-state index in [1.807, 2.05) is 0 Å². The van der Waals surface area contributed by atoms with Crippen molar-refractivity contribution in [1.82, 2.24) is 5.32 Å². The van der Waals surface area contributed by atoms with Crippen molar-refractivity contribution in [3.63, 3.8) is 0 Å². The van der Waals surface area contributed by atoms with Crippen LogP contribution in [-0.4, -0.2) is 33.4 Å². The van der Waals surface area contributed by atoms with Crippen LogP contribution in [0.1, 0.15) is 6.42 Å². The van der Waals surface area contributed by atoms with Gasteiger partial charge in [-0.15, -0.1) is 0 Å². The Morgan fingerprint density at radius 1 is 1.18 bits per heavy atom. The maximum atomic E-state index is 5.96. The Hall–Kier alpha value is -0.480. The second-order valence-electron chi connectivity index (χ2n) is 3.52. The minimum atomic E-state index is 0.585. The summed E-state index contributed by atoms with van der Waals surface area (Å²) in [5, 5.41) is 4.45. The van der Waals surface area contributed by atoms with Gasteiger partial charge in [-0.1, -0.05) is 23.2 Å². The van der Waals surface area contributed by atoms with Crippen LogP contribution in [0.3, 0.4) is 0 Å². The van der Waals surface area contributed by atoms with Crippen LogP contribution in [0.25, 0.3) is 0 Å². The molecule has 0 aliphatic carbocycles. The number of hydrogen-bond donors (Lipinski definition) is 1. The molecule has 96 valence electrons. The summed E-state index contributed by atoms with van der Waals surface area (Å²) in [6.07, 6.45) is 0.909. The third-order valence-corrected chi connectivity index (χ3v) is 2.68. The molecule has 0 aliphatic heterocycles. The lowest BCUT2D eigenvalue weighted by atomic mass is 10.3. The van der Waals surface area contributed by atoms with E-state index in [0.717, 1.165) is 26.1 Å². The minimum Gasteiger partial charge on any atom is -0.492 e. The van der Waals surface area contributed by atoms with E-state index in [4.69, 9.17) is 32.7 Å². The average Bonchev–Trinajstić information content (AvgIpc) is 2.32. The summed E-state index contributed by atoms with van der Waals surface area (Å²) < 4.78 is 10.5. The van der Waals surface area contributed by atoms with Gasteiger partial charge in [0.15, 0.2) is 0 Å². The highest BCUT2D eigenvalue weighted by Gasteiger charge is 2.01. The number of ether oxygens (including phenoxy) is 2. The topological polar surface area (TPSA) is 30.5 Å². The summed E-state index contributed by atoms with van der Waals surface area (Å²) in [7, 11) is 1.69. The van der Waals surface area contributed by atoms with E-state index >= 15 is 0 Å². The van der Waals surface area contributed by atoms with Crippen LogP contribution in [0.15, 0.2) is 18.2 Å². The van der Waals surface area contributed by atoms with Crippen LogP contribution in [0.5, 0.6) is 5.75 Å². The van der Waals surface area contributed by atoms with Gasteiger partial charge in [0.25, 0.3) is 0 Å². The fourth-order valence-electron chi connectivity index (χ4n) is 1.27. The molecule has 0 spiro atoms. The lowest BCUT2D eigenvalue weighted by Gasteiger charge is -2.08. The van der Waals surface area contributed by atoms with Gasteiger partial charge in [-0.25, -0.2) is 0 Å². The van der Waals surface area contributed by atoms with E-state index in [0.29, 0.717) is 22.4 Å². The van der Waals surface area contributed by atoms with Gasteiger partial charge in [0.05, 0.1) is 18.2 Å². The fraction of sp³-hybridized carbons (Fsp3) is 0.500. The molecule has 5 heteroatoms. The smallest absolute Gasteiger partial charge is 0.139 e. The highest BCUT2D eigenvalue weighted by molar-refractivity contribution is 6.34. The molecule has 1 rings (SSSR count). The van der Waals surface area contributed by atoms with Gasteiger partial charge in [0, 0.05) is 24.7 Å². The molecule has 0 heterocycles. The summed E-state index contributed by atoms with van der Waals surface area (Å²) in [6, 6.07) is 5.20. The molecular weight excluding hydrogens is 261 g/mol.